The van der Waals surface area contributed by atoms with Gasteiger partial charge in [0, 0.05) is 21.7 Å². The summed E-state index contributed by atoms with van der Waals surface area (Å²) in [5, 5.41) is 2.31. The van der Waals surface area contributed by atoms with E-state index in [0.29, 0.717) is 12.5 Å². The van der Waals surface area contributed by atoms with Gasteiger partial charge in [0.05, 0.1) is 0 Å². The van der Waals surface area contributed by atoms with Crippen LogP contribution in [0.25, 0.3) is 0 Å². The zero-order chi connectivity index (χ0) is 15.5. The summed E-state index contributed by atoms with van der Waals surface area (Å²) in [7, 11) is 0.615. The molecule has 1 aromatic rings. The van der Waals surface area contributed by atoms with E-state index in [0.717, 1.165) is 6.42 Å². The minimum atomic E-state index is -4.46. The number of amides is 1. The van der Waals surface area contributed by atoms with Gasteiger partial charge < -0.3 is 5.32 Å². The van der Waals surface area contributed by atoms with E-state index < -0.39 is 37.1 Å². The highest BCUT2D eigenvalue weighted by Crippen LogP contribution is 2.31. The molecule has 0 saturated carbocycles. The number of nitrogens with one attached hydrogen (secondary N) is 1. The van der Waals surface area contributed by atoms with Gasteiger partial charge in [0.2, 0.25) is 0 Å². The number of hydrogen-bond acceptors (Lipinski definition) is 3. The van der Waals surface area contributed by atoms with Crippen molar-refractivity contribution < 1.29 is 22.0 Å². The zero-order valence-corrected chi connectivity index (χ0v) is 13.5. The zero-order valence-electron chi connectivity index (χ0n) is 10.3. The molecule has 0 aliphatic heterocycles. The van der Waals surface area contributed by atoms with Crippen molar-refractivity contribution in [3.63, 3.8) is 0 Å². The number of hydrogen-bond donors (Lipinski definition) is 1. The van der Waals surface area contributed by atoms with Gasteiger partial charge in [0.25, 0.3) is 15.0 Å². The summed E-state index contributed by atoms with van der Waals surface area (Å²) in [4.78, 5) is 10.8. The summed E-state index contributed by atoms with van der Waals surface area (Å²) < 4.78 is 49.9. The predicted molar refractivity (Wildman–Crippen MR) is 74.3 cm³/mol. The van der Waals surface area contributed by atoms with Gasteiger partial charge in [-0.3, -0.25) is 4.79 Å². The molecular formula is C11H11BrClF2NO3S. The second-order valence-electron chi connectivity index (χ2n) is 3.91. The van der Waals surface area contributed by atoms with Crippen molar-refractivity contribution in [3.05, 3.63) is 27.7 Å². The molecule has 0 aromatic heterocycles. The maximum atomic E-state index is 14.1. The lowest BCUT2D eigenvalue weighted by Gasteiger charge is -2.10. The lowest BCUT2D eigenvalue weighted by molar-refractivity contribution is 0.0944. The normalized spacial score (nSPS) is 11.4. The Labute approximate surface area is 128 Å². The molecule has 1 rings (SSSR count). The fourth-order valence-electron chi connectivity index (χ4n) is 1.47. The summed E-state index contributed by atoms with van der Waals surface area (Å²) in [6.07, 6.45) is 1.42. The van der Waals surface area contributed by atoms with Crippen molar-refractivity contribution in [2.45, 2.75) is 24.7 Å². The molecule has 0 spiro atoms. The Morgan fingerprint density at radius 2 is 2.05 bits per heavy atom. The third-order valence-corrected chi connectivity index (χ3v) is 4.65. The number of benzene rings is 1. The molecule has 1 amide bonds. The van der Waals surface area contributed by atoms with Crippen LogP contribution in [0.4, 0.5) is 8.78 Å². The first kappa shape index (κ1) is 17.3. The van der Waals surface area contributed by atoms with Gasteiger partial charge in [-0.25, -0.2) is 17.2 Å². The maximum Gasteiger partial charge on any atom is 0.265 e. The average molecular weight is 391 g/mol. The third kappa shape index (κ3) is 3.89. The summed E-state index contributed by atoms with van der Waals surface area (Å²) in [5.41, 5.74) is -0.969. The van der Waals surface area contributed by atoms with Gasteiger partial charge in [-0.15, -0.1) is 0 Å². The van der Waals surface area contributed by atoms with Gasteiger partial charge in [0.15, 0.2) is 5.82 Å². The highest BCUT2D eigenvalue weighted by molar-refractivity contribution is 9.10. The molecular weight excluding hydrogens is 380 g/mol. The van der Waals surface area contributed by atoms with Crippen LogP contribution in [0.1, 0.15) is 30.1 Å². The summed E-state index contributed by atoms with van der Waals surface area (Å²) in [6.45, 7) is 2.11. The Hall–Kier alpha value is -0.730. The van der Waals surface area contributed by atoms with Crippen LogP contribution in [0.2, 0.25) is 0 Å². The number of halogens is 4. The Bertz CT molecular complexity index is 637. The van der Waals surface area contributed by atoms with E-state index in [9.17, 15) is 22.0 Å². The van der Waals surface area contributed by atoms with E-state index >= 15 is 0 Å². The first-order valence-corrected chi connectivity index (χ1v) is 8.70. The van der Waals surface area contributed by atoms with Crippen molar-refractivity contribution in [2.24, 2.45) is 0 Å². The van der Waals surface area contributed by atoms with Crippen LogP contribution >= 0.6 is 26.6 Å². The molecule has 0 radical (unpaired) electrons. The highest BCUT2D eigenvalue weighted by Gasteiger charge is 2.29. The Balaban J connectivity index is 3.31. The van der Waals surface area contributed by atoms with Crippen LogP contribution in [-0.4, -0.2) is 20.9 Å². The van der Waals surface area contributed by atoms with Gasteiger partial charge in [0.1, 0.15) is 16.3 Å². The molecule has 1 N–H and O–H groups in total. The number of carbonyl (C=O) groups excluding carboxylic acids is 1. The molecule has 0 fully saturated rings. The summed E-state index contributed by atoms with van der Waals surface area (Å²) in [6, 6.07) is 0.688. The molecule has 0 aliphatic rings. The highest BCUT2D eigenvalue weighted by atomic mass is 79.9. The Morgan fingerprint density at radius 3 is 2.55 bits per heavy atom. The maximum absolute atomic E-state index is 14.1. The van der Waals surface area contributed by atoms with E-state index in [1.54, 1.807) is 0 Å². The van der Waals surface area contributed by atoms with Crippen molar-refractivity contribution in [1.29, 1.82) is 0 Å². The van der Waals surface area contributed by atoms with E-state index in [4.69, 9.17) is 10.7 Å². The van der Waals surface area contributed by atoms with E-state index in [1.165, 1.54) is 0 Å². The van der Waals surface area contributed by atoms with Gasteiger partial charge >= 0.3 is 0 Å². The second-order valence-corrected chi connectivity index (χ2v) is 7.26. The minimum absolute atomic E-state index is 0.229. The second kappa shape index (κ2) is 6.82. The SMILES string of the molecule is CCCCNC(=O)c1c(F)cc(Br)c(S(=O)(=O)Cl)c1F. The van der Waals surface area contributed by atoms with Crippen molar-refractivity contribution in [2.75, 3.05) is 6.54 Å². The number of unbranched alkanes of at least 4 members (excludes halogenated alkanes) is 1. The standard InChI is InChI=1S/C11H11BrClF2NO3S/c1-2-3-4-16-11(17)8-7(14)5-6(12)10(9(8)15)20(13,18)19/h5H,2-4H2,1H3,(H,16,17). The van der Waals surface area contributed by atoms with Gasteiger partial charge in [-0.1, -0.05) is 13.3 Å². The first-order chi connectivity index (χ1) is 9.20. The first-order valence-electron chi connectivity index (χ1n) is 5.60. The fourth-order valence-corrected chi connectivity index (χ4v) is 3.83. The lowest BCUT2D eigenvalue weighted by atomic mass is 10.2. The molecule has 0 unspecified atom stereocenters. The lowest BCUT2D eigenvalue weighted by Crippen LogP contribution is -2.27. The van der Waals surface area contributed by atoms with Crippen LogP contribution in [0, 0.1) is 11.6 Å². The van der Waals surface area contributed by atoms with E-state index in [1.807, 2.05) is 6.92 Å². The van der Waals surface area contributed by atoms with Crippen LogP contribution < -0.4 is 5.32 Å². The van der Waals surface area contributed by atoms with E-state index in [2.05, 4.69) is 21.2 Å². The molecule has 0 atom stereocenters. The smallest absolute Gasteiger partial charge is 0.265 e. The topological polar surface area (TPSA) is 63.2 Å². The molecule has 0 aliphatic carbocycles. The molecule has 1 aromatic carbocycles. The minimum Gasteiger partial charge on any atom is -0.352 e. The Kier molecular flexibility index (Phi) is 5.91. The van der Waals surface area contributed by atoms with Crippen LogP contribution in [0.5, 0.6) is 0 Å². The monoisotopic (exact) mass is 389 g/mol. The molecule has 4 nitrogen and oxygen atoms in total. The molecule has 0 saturated heterocycles. The molecule has 20 heavy (non-hydrogen) atoms. The van der Waals surface area contributed by atoms with Gasteiger partial charge in [-0.2, -0.15) is 0 Å². The quantitative estimate of drug-likeness (QED) is 0.620. The van der Waals surface area contributed by atoms with Crippen LogP contribution in [0.15, 0.2) is 15.4 Å². The average Bonchev–Trinajstić information content (AvgIpc) is 2.26. The fraction of sp³-hybridized carbons (Fsp3) is 0.364. The van der Waals surface area contributed by atoms with E-state index in [-0.39, 0.29) is 11.0 Å². The van der Waals surface area contributed by atoms with Crippen molar-refractivity contribution in [3.8, 4) is 0 Å². The van der Waals surface area contributed by atoms with Crippen molar-refractivity contribution >= 4 is 41.6 Å². The van der Waals surface area contributed by atoms with Crippen LogP contribution in [0.3, 0.4) is 0 Å². The predicted octanol–water partition coefficient (Wildman–Crippen LogP) is 3.18. The third-order valence-electron chi connectivity index (χ3n) is 2.41. The van der Waals surface area contributed by atoms with Gasteiger partial charge in [-0.05, 0) is 28.4 Å². The molecule has 112 valence electrons. The summed E-state index contributed by atoms with van der Waals surface area (Å²) >= 11 is 2.71. The number of carbonyl (C=O) groups is 1. The van der Waals surface area contributed by atoms with Crippen LogP contribution in [-0.2, 0) is 9.05 Å². The molecule has 0 bridgehead atoms. The largest absolute Gasteiger partial charge is 0.352 e. The molecule has 9 heteroatoms. The molecule has 0 heterocycles. The summed E-state index contributed by atoms with van der Waals surface area (Å²) in [5.74, 6) is -3.71. The Morgan fingerprint density at radius 1 is 1.45 bits per heavy atom. The van der Waals surface area contributed by atoms with Crippen molar-refractivity contribution in [1.82, 2.24) is 5.32 Å². The number of rotatable bonds is 5.